The predicted molar refractivity (Wildman–Crippen MR) is 61.7 cm³/mol. The normalized spacial score (nSPS) is 22.6. The second-order valence-corrected chi connectivity index (χ2v) is 4.68. The smallest absolute Gasteiger partial charge is 0.217 e. The van der Waals surface area contributed by atoms with Crippen molar-refractivity contribution >= 4 is 21.8 Å². The number of rotatable bonds is 5. The molecular formula is C10H19BrN2O. The minimum Gasteiger partial charge on any atom is -0.352 e. The highest BCUT2D eigenvalue weighted by atomic mass is 79.9. The van der Waals surface area contributed by atoms with Gasteiger partial charge < -0.3 is 10.2 Å². The van der Waals surface area contributed by atoms with Gasteiger partial charge >= 0.3 is 0 Å². The van der Waals surface area contributed by atoms with Crippen LogP contribution in [0.3, 0.4) is 0 Å². The van der Waals surface area contributed by atoms with Crippen molar-refractivity contribution in [3.8, 4) is 0 Å². The number of carbonyl (C=O) groups excluding carboxylic acids is 1. The summed E-state index contributed by atoms with van der Waals surface area (Å²) < 4.78 is 0. The molecule has 1 N–H and O–H groups in total. The largest absolute Gasteiger partial charge is 0.352 e. The highest BCUT2D eigenvalue weighted by molar-refractivity contribution is 9.09. The molecule has 1 rings (SSSR count). The lowest BCUT2D eigenvalue weighted by Gasteiger charge is -2.15. The first-order valence-corrected chi connectivity index (χ1v) is 6.40. The van der Waals surface area contributed by atoms with E-state index in [0.29, 0.717) is 6.04 Å². The van der Waals surface area contributed by atoms with E-state index in [4.69, 9.17) is 0 Å². The van der Waals surface area contributed by atoms with Crippen molar-refractivity contribution < 1.29 is 4.79 Å². The molecule has 1 unspecified atom stereocenters. The summed E-state index contributed by atoms with van der Waals surface area (Å²) in [6.07, 6.45) is 3.59. The third-order valence-corrected chi connectivity index (χ3v) is 3.10. The van der Waals surface area contributed by atoms with E-state index < -0.39 is 0 Å². The van der Waals surface area contributed by atoms with Crippen LogP contribution >= 0.6 is 15.9 Å². The van der Waals surface area contributed by atoms with E-state index in [1.54, 1.807) is 6.92 Å². The minimum absolute atomic E-state index is 0.0947. The Morgan fingerprint density at radius 3 is 3.00 bits per heavy atom. The quantitative estimate of drug-likeness (QED) is 0.600. The van der Waals surface area contributed by atoms with E-state index in [2.05, 4.69) is 26.1 Å². The summed E-state index contributed by atoms with van der Waals surface area (Å²) in [6.45, 7) is 4.92. The Morgan fingerprint density at radius 2 is 2.36 bits per heavy atom. The van der Waals surface area contributed by atoms with Gasteiger partial charge in [0.05, 0.1) is 0 Å². The molecule has 0 aromatic carbocycles. The fourth-order valence-electron chi connectivity index (χ4n) is 1.87. The van der Waals surface area contributed by atoms with Crippen molar-refractivity contribution in [2.24, 2.45) is 0 Å². The molecule has 0 aromatic rings. The van der Waals surface area contributed by atoms with Gasteiger partial charge in [0.1, 0.15) is 0 Å². The fraction of sp³-hybridized carbons (Fsp3) is 0.900. The molecule has 1 aliphatic heterocycles. The van der Waals surface area contributed by atoms with Gasteiger partial charge in [-0.1, -0.05) is 15.9 Å². The SMILES string of the molecule is CC(=O)NC1CCN(CCCCBr)C1. The molecule has 0 radical (unpaired) electrons. The number of hydrogen-bond acceptors (Lipinski definition) is 2. The van der Waals surface area contributed by atoms with E-state index in [9.17, 15) is 4.79 Å². The first-order valence-electron chi connectivity index (χ1n) is 5.28. The maximum absolute atomic E-state index is 10.8. The molecule has 0 spiro atoms. The first-order chi connectivity index (χ1) is 6.72. The molecule has 1 heterocycles. The summed E-state index contributed by atoms with van der Waals surface area (Å²) in [4.78, 5) is 13.3. The molecule has 14 heavy (non-hydrogen) atoms. The molecule has 3 nitrogen and oxygen atoms in total. The summed E-state index contributed by atoms with van der Waals surface area (Å²) >= 11 is 3.43. The third kappa shape index (κ3) is 4.42. The van der Waals surface area contributed by atoms with Crippen LogP contribution in [0.5, 0.6) is 0 Å². The summed E-state index contributed by atoms with van der Waals surface area (Å²) in [6, 6.07) is 0.386. The van der Waals surface area contributed by atoms with Crippen molar-refractivity contribution in [2.45, 2.75) is 32.2 Å². The lowest BCUT2D eigenvalue weighted by atomic mass is 10.2. The first kappa shape index (κ1) is 12.0. The lowest BCUT2D eigenvalue weighted by molar-refractivity contribution is -0.119. The molecule has 0 aliphatic carbocycles. The molecule has 82 valence electrons. The highest BCUT2D eigenvalue weighted by Gasteiger charge is 2.21. The molecule has 0 saturated carbocycles. The molecule has 1 aliphatic rings. The van der Waals surface area contributed by atoms with Crippen molar-refractivity contribution in [2.75, 3.05) is 25.0 Å². The Hall–Kier alpha value is -0.0900. The monoisotopic (exact) mass is 262 g/mol. The lowest BCUT2D eigenvalue weighted by Crippen LogP contribution is -2.35. The van der Waals surface area contributed by atoms with Crippen LogP contribution in [-0.2, 0) is 4.79 Å². The molecule has 1 fully saturated rings. The number of likely N-dealkylation sites (tertiary alicyclic amines) is 1. The summed E-state index contributed by atoms with van der Waals surface area (Å²) in [5.41, 5.74) is 0. The standard InChI is InChI=1S/C10H19BrN2O/c1-9(14)12-10-4-7-13(8-10)6-3-2-5-11/h10H,2-8H2,1H3,(H,12,14). The molecule has 1 atom stereocenters. The van der Waals surface area contributed by atoms with Crippen LogP contribution < -0.4 is 5.32 Å². The molecular weight excluding hydrogens is 244 g/mol. The molecule has 0 bridgehead atoms. The van der Waals surface area contributed by atoms with Crippen molar-refractivity contribution in [1.29, 1.82) is 0 Å². The second-order valence-electron chi connectivity index (χ2n) is 3.88. The number of nitrogens with zero attached hydrogens (tertiary/aromatic N) is 1. The summed E-state index contributed by atoms with van der Waals surface area (Å²) in [5.74, 6) is 0.0947. The number of halogens is 1. The number of alkyl halides is 1. The van der Waals surface area contributed by atoms with Gasteiger partial charge in [0.15, 0.2) is 0 Å². The van der Waals surface area contributed by atoms with E-state index in [0.717, 1.165) is 24.8 Å². The van der Waals surface area contributed by atoms with Crippen molar-refractivity contribution in [1.82, 2.24) is 10.2 Å². The van der Waals surface area contributed by atoms with Gasteiger partial charge in [-0.2, -0.15) is 0 Å². The van der Waals surface area contributed by atoms with Gasteiger partial charge in [-0.05, 0) is 25.8 Å². The van der Waals surface area contributed by atoms with Gasteiger partial charge in [-0.15, -0.1) is 0 Å². The van der Waals surface area contributed by atoms with Gasteiger partial charge in [0.2, 0.25) is 5.91 Å². The van der Waals surface area contributed by atoms with Crippen molar-refractivity contribution in [3.05, 3.63) is 0 Å². The van der Waals surface area contributed by atoms with E-state index >= 15 is 0 Å². The Morgan fingerprint density at radius 1 is 1.57 bits per heavy atom. The number of unbranched alkanes of at least 4 members (excludes halogenated alkanes) is 1. The number of amides is 1. The van der Waals surface area contributed by atoms with Crippen LogP contribution in [0, 0.1) is 0 Å². The topological polar surface area (TPSA) is 32.3 Å². The highest BCUT2D eigenvalue weighted by Crippen LogP contribution is 2.10. The minimum atomic E-state index is 0.0947. The Balaban J connectivity index is 2.11. The average Bonchev–Trinajstić information content (AvgIpc) is 2.52. The van der Waals surface area contributed by atoms with Crippen LogP contribution in [-0.4, -0.2) is 41.8 Å². The molecule has 0 aromatic heterocycles. The van der Waals surface area contributed by atoms with Crippen LogP contribution in [0.15, 0.2) is 0 Å². The second kappa shape index (κ2) is 6.40. The number of hydrogen-bond donors (Lipinski definition) is 1. The fourth-order valence-corrected chi connectivity index (χ4v) is 2.27. The van der Waals surface area contributed by atoms with Gasteiger partial charge in [-0.25, -0.2) is 0 Å². The van der Waals surface area contributed by atoms with E-state index in [1.807, 2.05) is 0 Å². The van der Waals surface area contributed by atoms with E-state index in [-0.39, 0.29) is 5.91 Å². The Labute approximate surface area is 94.4 Å². The predicted octanol–water partition coefficient (Wildman–Crippen LogP) is 1.37. The van der Waals surface area contributed by atoms with Crippen LogP contribution in [0.2, 0.25) is 0 Å². The van der Waals surface area contributed by atoms with Gasteiger partial charge in [0, 0.05) is 31.4 Å². The maximum Gasteiger partial charge on any atom is 0.217 e. The molecule has 1 saturated heterocycles. The van der Waals surface area contributed by atoms with Crippen molar-refractivity contribution in [3.63, 3.8) is 0 Å². The number of nitrogens with one attached hydrogen (secondary N) is 1. The zero-order valence-electron chi connectivity index (χ0n) is 8.76. The maximum atomic E-state index is 10.8. The zero-order chi connectivity index (χ0) is 10.4. The average molecular weight is 263 g/mol. The van der Waals surface area contributed by atoms with Crippen LogP contribution in [0.25, 0.3) is 0 Å². The van der Waals surface area contributed by atoms with Gasteiger partial charge in [0.25, 0.3) is 0 Å². The Kier molecular flexibility index (Phi) is 5.48. The summed E-state index contributed by atoms with van der Waals surface area (Å²) in [5, 5.41) is 4.07. The van der Waals surface area contributed by atoms with E-state index in [1.165, 1.54) is 19.4 Å². The summed E-state index contributed by atoms with van der Waals surface area (Å²) in [7, 11) is 0. The third-order valence-electron chi connectivity index (χ3n) is 2.54. The van der Waals surface area contributed by atoms with Gasteiger partial charge in [-0.3, -0.25) is 4.79 Å². The van der Waals surface area contributed by atoms with Crippen LogP contribution in [0.1, 0.15) is 26.2 Å². The number of carbonyl (C=O) groups is 1. The zero-order valence-corrected chi connectivity index (χ0v) is 10.3. The Bertz CT molecular complexity index is 187. The molecule has 1 amide bonds. The van der Waals surface area contributed by atoms with Crippen LogP contribution in [0.4, 0.5) is 0 Å². The molecule has 4 heteroatoms.